The van der Waals surface area contributed by atoms with Crippen LogP contribution < -0.4 is 10.5 Å². The second kappa shape index (κ2) is 7.04. The Morgan fingerprint density at radius 3 is 2.83 bits per heavy atom. The number of halogens is 1. The van der Waals surface area contributed by atoms with E-state index in [9.17, 15) is 8.42 Å². The first-order valence-corrected chi connectivity index (χ1v) is 8.22. The van der Waals surface area contributed by atoms with Crippen LogP contribution in [0.2, 0.25) is 5.02 Å². The second-order valence-corrected chi connectivity index (χ2v) is 6.77. The predicted octanol–water partition coefficient (Wildman–Crippen LogP) is 2.12. The molecule has 0 fully saturated rings. The van der Waals surface area contributed by atoms with E-state index < -0.39 is 10.0 Å². The van der Waals surface area contributed by atoms with Crippen molar-refractivity contribution in [2.75, 3.05) is 23.8 Å². The molecule has 0 aliphatic carbocycles. The van der Waals surface area contributed by atoms with Crippen LogP contribution in [0.15, 0.2) is 35.7 Å². The van der Waals surface area contributed by atoms with E-state index in [0.717, 1.165) is 5.75 Å². The van der Waals surface area contributed by atoms with Gasteiger partial charge in [0.2, 0.25) is 10.0 Å². The van der Waals surface area contributed by atoms with Gasteiger partial charge in [-0.25, -0.2) is 13.1 Å². The molecule has 0 amide bonds. The van der Waals surface area contributed by atoms with Gasteiger partial charge in [-0.05, 0) is 18.2 Å². The number of sulfonamides is 1. The van der Waals surface area contributed by atoms with Gasteiger partial charge in [0.15, 0.2) is 0 Å². The second-order valence-electron chi connectivity index (χ2n) is 3.44. The van der Waals surface area contributed by atoms with E-state index >= 15 is 0 Å². The van der Waals surface area contributed by atoms with Gasteiger partial charge in [0, 0.05) is 23.1 Å². The fourth-order valence-electron chi connectivity index (χ4n) is 1.26. The summed E-state index contributed by atoms with van der Waals surface area (Å²) in [5.41, 5.74) is 5.78. The molecule has 7 heteroatoms. The first kappa shape index (κ1) is 15.4. The number of benzene rings is 1. The molecule has 0 atom stereocenters. The molecule has 1 aromatic rings. The quantitative estimate of drug-likeness (QED) is 0.460. The normalized spacial score (nSPS) is 11.4. The molecule has 0 heterocycles. The Bertz CT molecular complexity index is 518. The minimum atomic E-state index is -3.57. The molecule has 1 rings (SSSR count). The number of hydrogen-bond donors (Lipinski definition) is 2. The van der Waals surface area contributed by atoms with Crippen molar-refractivity contribution in [3.05, 3.63) is 35.9 Å². The molecule has 100 valence electrons. The van der Waals surface area contributed by atoms with Gasteiger partial charge in [-0.1, -0.05) is 17.7 Å². The fraction of sp³-hybridized carbons (Fsp3) is 0.273. The molecule has 4 nitrogen and oxygen atoms in total. The van der Waals surface area contributed by atoms with Gasteiger partial charge in [-0.15, -0.1) is 6.58 Å². The molecule has 0 aliphatic heterocycles. The van der Waals surface area contributed by atoms with Crippen molar-refractivity contribution in [3.8, 4) is 0 Å². The van der Waals surface area contributed by atoms with Crippen LogP contribution in [0.5, 0.6) is 0 Å². The minimum absolute atomic E-state index is 0.0561. The Morgan fingerprint density at radius 2 is 2.22 bits per heavy atom. The molecular weight excluding hydrogens is 292 g/mol. The molecule has 0 unspecified atom stereocenters. The Balaban J connectivity index is 2.65. The molecule has 0 aliphatic rings. The summed E-state index contributed by atoms with van der Waals surface area (Å²) in [7, 11) is -3.57. The molecular formula is C11H15ClN2O2S2. The molecule has 0 saturated carbocycles. The number of rotatable bonds is 7. The highest BCUT2D eigenvalue weighted by atomic mass is 35.5. The molecule has 0 spiro atoms. The largest absolute Gasteiger partial charge is 0.398 e. The SMILES string of the molecule is C=CCSCCNS(=O)(=O)c1ccc(Cl)cc1N. The maximum atomic E-state index is 11.9. The van der Waals surface area contributed by atoms with Crippen LogP contribution in [0.25, 0.3) is 0 Å². The van der Waals surface area contributed by atoms with E-state index in [-0.39, 0.29) is 10.6 Å². The van der Waals surface area contributed by atoms with E-state index in [1.165, 1.54) is 18.2 Å². The maximum Gasteiger partial charge on any atom is 0.242 e. The van der Waals surface area contributed by atoms with Crippen LogP contribution in [0.1, 0.15) is 0 Å². The zero-order chi connectivity index (χ0) is 13.6. The lowest BCUT2D eigenvalue weighted by Crippen LogP contribution is -2.26. The van der Waals surface area contributed by atoms with Crippen molar-refractivity contribution >= 4 is 39.1 Å². The zero-order valence-corrected chi connectivity index (χ0v) is 12.1. The Kier molecular flexibility index (Phi) is 6.01. The average molecular weight is 307 g/mol. The van der Waals surface area contributed by atoms with Crippen LogP contribution in [0.3, 0.4) is 0 Å². The Labute approximate surface area is 117 Å². The van der Waals surface area contributed by atoms with Gasteiger partial charge in [0.1, 0.15) is 4.90 Å². The van der Waals surface area contributed by atoms with Crippen molar-refractivity contribution in [3.63, 3.8) is 0 Å². The predicted molar refractivity (Wildman–Crippen MR) is 78.6 cm³/mol. The van der Waals surface area contributed by atoms with E-state index in [1.54, 1.807) is 17.8 Å². The number of nitrogens with one attached hydrogen (secondary N) is 1. The lowest BCUT2D eigenvalue weighted by Gasteiger charge is -2.08. The van der Waals surface area contributed by atoms with Crippen molar-refractivity contribution in [2.24, 2.45) is 0 Å². The third-order valence-corrected chi connectivity index (χ3v) is 4.77. The van der Waals surface area contributed by atoms with E-state index in [0.29, 0.717) is 17.3 Å². The van der Waals surface area contributed by atoms with Gasteiger partial charge in [-0.2, -0.15) is 11.8 Å². The lowest BCUT2D eigenvalue weighted by molar-refractivity contribution is 0.584. The summed E-state index contributed by atoms with van der Waals surface area (Å²) in [6.07, 6.45) is 1.77. The third kappa shape index (κ3) is 4.53. The van der Waals surface area contributed by atoms with Crippen molar-refractivity contribution in [1.82, 2.24) is 4.72 Å². The van der Waals surface area contributed by atoms with E-state index in [4.69, 9.17) is 17.3 Å². The van der Waals surface area contributed by atoms with Crippen LogP contribution in [-0.4, -0.2) is 26.5 Å². The highest BCUT2D eigenvalue weighted by Gasteiger charge is 2.16. The van der Waals surface area contributed by atoms with Crippen LogP contribution in [-0.2, 0) is 10.0 Å². The first-order chi connectivity index (χ1) is 8.47. The van der Waals surface area contributed by atoms with Crippen LogP contribution >= 0.6 is 23.4 Å². The van der Waals surface area contributed by atoms with Gasteiger partial charge in [-0.3, -0.25) is 0 Å². The van der Waals surface area contributed by atoms with Gasteiger partial charge in [0.25, 0.3) is 0 Å². The highest BCUT2D eigenvalue weighted by Crippen LogP contribution is 2.22. The van der Waals surface area contributed by atoms with Crippen molar-refractivity contribution in [1.29, 1.82) is 0 Å². The monoisotopic (exact) mass is 306 g/mol. The zero-order valence-electron chi connectivity index (χ0n) is 9.73. The number of hydrogen-bond acceptors (Lipinski definition) is 4. The molecule has 0 bridgehead atoms. The van der Waals surface area contributed by atoms with E-state index in [2.05, 4.69) is 11.3 Å². The van der Waals surface area contributed by atoms with Gasteiger partial charge >= 0.3 is 0 Å². The van der Waals surface area contributed by atoms with Crippen LogP contribution in [0.4, 0.5) is 5.69 Å². The Morgan fingerprint density at radius 1 is 1.50 bits per heavy atom. The third-order valence-electron chi connectivity index (χ3n) is 2.04. The minimum Gasteiger partial charge on any atom is -0.398 e. The number of nitrogens with two attached hydrogens (primary N) is 1. The van der Waals surface area contributed by atoms with Gasteiger partial charge < -0.3 is 5.73 Å². The standard InChI is InChI=1S/C11H15ClN2O2S2/c1-2-6-17-7-5-14-18(15,16)11-4-3-9(12)8-10(11)13/h2-4,8,14H,1,5-7,13H2. The fourth-order valence-corrected chi connectivity index (χ4v) is 3.29. The number of anilines is 1. The van der Waals surface area contributed by atoms with Crippen LogP contribution in [0, 0.1) is 0 Å². The number of thioether (sulfide) groups is 1. The van der Waals surface area contributed by atoms with E-state index in [1.807, 2.05) is 0 Å². The summed E-state index contributed by atoms with van der Waals surface area (Å²) in [5.74, 6) is 1.48. The highest BCUT2D eigenvalue weighted by molar-refractivity contribution is 7.99. The summed E-state index contributed by atoms with van der Waals surface area (Å²) in [4.78, 5) is 0.0561. The topological polar surface area (TPSA) is 72.2 Å². The average Bonchev–Trinajstić information content (AvgIpc) is 2.28. The molecule has 1 aromatic carbocycles. The van der Waals surface area contributed by atoms with Crippen molar-refractivity contribution < 1.29 is 8.42 Å². The summed E-state index contributed by atoms with van der Waals surface area (Å²) in [5, 5.41) is 0.410. The smallest absolute Gasteiger partial charge is 0.242 e. The number of nitrogen functional groups attached to an aromatic ring is 1. The van der Waals surface area contributed by atoms with Gasteiger partial charge in [0.05, 0.1) is 5.69 Å². The Hall–Kier alpha value is -0.690. The summed E-state index contributed by atoms with van der Waals surface area (Å²) in [6, 6.07) is 4.32. The molecule has 3 N–H and O–H groups in total. The van der Waals surface area contributed by atoms with Crippen molar-refractivity contribution in [2.45, 2.75) is 4.90 Å². The maximum absolute atomic E-state index is 11.9. The lowest BCUT2D eigenvalue weighted by atomic mass is 10.3. The molecule has 0 saturated heterocycles. The summed E-state index contributed by atoms with van der Waals surface area (Å²) < 4.78 is 26.4. The first-order valence-electron chi connectivity index (χ1n) is 5.20. The molecule has 0 radical (unpaired) electrons. The summed E-state index contributed by atoms with van der Waals surface area (Å²) >= 11 is 7.32. The molecule has 0 aromatic heterocycles. The molecule has 18 heavy (non-hydrogen) atoms. The summed E-state index contributed by atoms with van der Waals surface area (Å²) in [6.45, 7) is 3.94.